The molecule has 9 nitrogen and oxygen atoms in total. The summed E-state index contributed by atoms with van der Waals surface area (Å²) >= 11 is 0. The van der Waals surface area contributed by atoms with Crippen molar-refractivity contribution in [3.05, 3.63) is 65.8 Å². The first-order chi connectivity index (χ1) is 17.0. The maximum absolute atomic E-state index is 14.6. The van der Waals surface area contributed by atoms with Gasteiger partial charge >= 0.3 is 5.92 Å². The fourth-order valence-corrected chi connectivity index (χ4v) is 3.76. The number of hydrogen-bond acceptors (Lipinski definition) is 6. The van der Waals surface area contributed by atoms with Crippen LogP contribution in [0.3, 0.4) is 0 Å². The molecule has 36 heavy (non-hydrogen) atoms. The van der Waals surface area contributed by atoms with Gasteiger partial charge in [-0.15, -0.1) is 0 Å². The molecule has 2 N–H and O–H groups in total. The maximum Gasteiger partial charge on any atom is 0.349 e. The monoisotopic (exact) mass is 503 g/mol. The fraction of sp³-hybridized carbons (Fsp3) is 0.360. The van der Waals surface area contributed by atoms with Crippen molar-refractivity contribution in [2.24, 2.45) is 0 Å². The van der Waals surface area contributed by atoms with E-state index in [1.807, 2.05) is 0 Å². The van der Waals surface area contributed by atoms with E-state index in [1.165, 1.54) is 30.2 Å². The molecule has 0 spiro atoms. The molecule has 0 radical (unpaired) electrons. The number of benzene rings is 1. The minimum atomic E-state index is -3.80. The van der Waals surface area contributed by atoms with Crippen molar-refractivity contribution in [3.63, 3.8) is 0 Å². The van der Waals surface area contributed by atoms with Gasteiger partial charge in [-0.1, -0.05) is 19.2 Å². The van der Waals surface area contributed by atoms with Crippen LogP contribution in [0, 0.1) is 0 Å². The number of rotatable bonds is 10. The topological polar surface area (TPSA) is 114 Å². The van der Waals surface area contributed by atoms with E-state index in [1.54, 1.807) is 0 Å². The predicted octanol–water partition coefficient (Wildman–Crippen LogP) is 1.61. The van der Waals surface area contributed by atoms with Gasteiger partial charge in [0.05, 0.1) is 6.61 Å². The molecule has 2 aliphatic heterocycles. The highest BCUT2D eigenvalue weighted by molar-refractivity contribution is 6.06. The van der Waals surface area contributed by atoms with Crippen LogP contribution in [0.1, 0.15) is 18.4 Å². The molecule has 0 saturated carbocycles. The Balaban J connectivity index is 1.57. The molecule has 0 bridgehead atoms. The number of carbonyl (C=O) groups is 4. The Hall–Kier alpha value is -3.86. The summed E-state index contributed by atoms with van der Waals surface area (Å²) in [6.07, 6.45) is 1.78. The summed E-state index contributed by atoms with van der Waals surface area (Å²) in [6.45, 7) is 7.85. The highest BCUT2D eigenvalue weighted by atomic mass is 19.3. The van der Waals surface area contributed by atoms with Crippen LogP contribution in [-0.4, -0.2) is 68.0 Å². The lowest BCUT2D eigenvalue weighted by Gasteiger charge is -2.28. The third-order valence-electron chi connectivity index (χ3n) is 5.75. The maximum atomic E-state index is 14.6. The third-order valence-corrected chi connectivity index (χ3v) is 5.75. The Bertz CT molecular complexity index is 1110. The molecule has 1 aromatic rings. The quantitative estimate of drug-likeness (QED) is 0.285. The Morgan fingerprint density at radius 3 is 2.58 bits per heavy atom. The summed E-state index contributed by atoms with van der Waals surface area (Å²) in [4.78, 5) is 49.6. The summed E-state index contributed by atoms with van der Waals surface area (Å²) in [5.41, 5.74) is 0.331. The number of imide groups is 1. The number of halogens is 2. The zero-order valence-electron chi connectivity index (χ0n) is 19.8. The summed E-state index contributed by atoms with van der Waals surface area (Å²) in [7, 11) is 1.51. The number of amides is 4. The van der Waals surface area contributed by atoms with E-state index in [9.17, 15) is 28.0 Å². The number of piperidine rings is 1. The van der Waals surface area contributed by atoms with Crippen LogP contribution >= 0.6 is 0 Å². The lowest BCUT2D eigenvalue weighted by molar-refractivity contribution is -0.146. The SMILES string of the molecule is C=C(/C=C1/CN(C2CCC(=O)NC2=O)C(=O)C1=C)CNC(=O)C(F)(F)c1ccc(OCCOC)cc1. The lowest BCUT2D eigenvalue weighted by atomic mass is 10.0. The second-order valence-corrected chi connectivity index (χ2v) is 8.33. The van der Waals surface area contributed by atoms with Crippen molar-refractivity contribution in [2.75, 3.05) is 33.4 Å². The molecule has 192 valence electrons. The van der Waals surface area contributed by atoms with Gasteiger partial charge in [-0.3, -0.25) is 24.5 Å². The third kappa shape index (κ3) is 6.03. The van der Waals surface area contributed by atoms with Crippen molar-refractivity contribution in [1.82, 2.24) is 15.5 Å². The average Bonchev–Trinajstić information content (AvgIpc) is 3.11. The Labute approximate surface area is 206 Å². The van der Waals surface area contributed by atoms with Crippen LogP contribution in [0.25, 0.3) is 0 Å². The molecule has 1 atom stereocenters. The highest BCUT2D eigenvalue weighted by Gasteiger charge is 2.41. The van der Waals surface area contributed by atoms with Gasteiger partial charge in [-0.2, -0.15) is 8.78 Å². The number of nitrogens with zero attached hydrogens (tertiary/aromatic N) is 1. The molecule has 2 aliphatic rings. The minimum Gasteiger partial charge on any atom is -0.491 e. The Kier molecular flexibility index (Phi) is 8.36. The first kappa shape index (κ1) is 26.7. The summed E-state index contributed by atoms with van der Waals surface area (Å²) in [5, 5.41) is 4.36. The summed E-state index contributed by atoms with van der Waals surface area (Å²) in [6, 6.07) is 4.09. The van der Waals surface area contributed by atoms with Crippen LogP contribution in [0.15, 0.2) is 60.2 Å². The zero-order valence-corrected chi connectivity index (χ0v) is 19.8. The van der Waals surface area contributed by atoms with Gasteiger partial charge in [0.15, 0.2) is 0 Å². The highest BCUT2D eigenvalue weighted by Crippen LogP contribution is 2.30. The van der Waals surface area contributed by atoms with Gasteiger partial charge in [0.2, 0.25) is 11.8 Å². The van der Waals surface area contributed by atoms with E-state index in [0.29, 0.717) is 17.9 Å². The zero-order chi connectivity index (χ0) is 26.5. The second-order valence-electron chi connectivity index (χ2n) is 8.33. The molecular weight excluding hydrogens is 476 g/mol. The minimum absolute atomic E-state index is 0.0475. The molecular formula is C25H27F2N3O6. The second kappa shape index (κ2) is 11.3. The standard InChI is InChI=1S/C25H27F2N3O6/c1-15(12-17-14-30(23(33)16(17)2)20-8-9-21(31)29-22(20)32)13-28-24(34)25(26,27)18-4-6-19(7-5-18)36-11-10-35-3/h4-7,12,20H,1-2,8-11,13-14H2,3H3,(H,28,34)(H,29,31,32)/b17-12-. The number of nitrogens with one attached hydrogen (secondary N) is 2. The molecule has 2 saturated heterocycles. The van der Waals surface area contributed by atoms with Crippen LogP contribution < -0.4 is 15.4 Å². The molecule has 2 heterocycles. The molecule has 0 aliphatic carbocycles. The Morgan fingerprint density at radius 1 is 1.25 bits per heavy atom. The van der Waals surface area contributed by atoms with Crippen LogP contribution in [0.5, 0.6) is 5.75 Å². The van der Waals surface area contributed by atoms with E-state index in [0.717, 1.165) is 12.1 Å². The number of carbonyl (C=O) groups excluding carboxylic acids is 4. The smallest absolute Gasteiger partial charge is 0.349 e. The Morgan fingerprint density at radius 2 is 1.94 bits per heavy atom. The van der Waals surface area contributed by atoms with E-state index in [2.05, 4.69) is 23.8 Å². The molecule has 11 heteroatoms. The van der Waals surface area contributed by atoms with Crippen molar-refractivity contribution in [2.45, 2.75) is 24.8 Å². The van der Waals surface area contributed by atoms with Crippen LogP contribution in [-0.2, 0) is 29.8 Å². The van der Waals surface area contributed by atoms with Crippen molar-refractivity contribution >= 4 is 23.6 Å². The van der Waals surface area contributed by atoms with Crippen molar-refractivity contribution in [3.8, 4) is 5.75 Å². The van der Waals surface area contributed by atoms with E-state index in [4.69, 9.17) is 9.47 Å². The summed E-state index contributed by atoms with van der Waals surface area (Å²) < 4.78 is 39.4. The van der Waals surface area contributed by atoms with E-state index >= 15 is 0 Å². The van der Waals surface area contributed by atoms with Gasteiger partial charge < -0.3 is 19.7 Å². The molecule has 4 amide bonds. The number of ether oxygens (including phenoxy) is 2. The molecule has 3 rings (SSSR count). The normalized spacial score (nSPS) is 19.5. The van der Waals surface area contributed by atoms with Gasteiger partial charge in [0.1, 0.15) is 18.4 Å². The van der Waals surface area contributed by atoms with E-state index in [-0.39, 0.29) is 43.7 Å². The number of likely N-dealkylation sites (tertiary alicyclic amines) is 1. The molecule has 0 aromatic heterocycles. The fourth-order valence-electron chi connectivity index (χ4n) is 3.76. The average molecular weight is 504 g/mol. The molecule has 2 fully saturated rings. The largest absolute Gasteiger partial charge is 0.491 e. The number of hydrogen-bond donors (Lipinski definition) is 2. The van der Waals surface area contributed by atoms with Gasteiger partial charge in [-0.25, -0.2) is 0 Å². The lowest BCUT2D eigenvalue weighted by Crippen LogP contribution is -2.52. The first-order valence-electron chi connectivity index (χ1n) is 11.1. The van der Waals surface area contributed by atoms with Gasteiger partial charge in [0, 0.05) is 37.8 Å². The molecule has 1 aromatic carbocycles. The van der Waals surface area contributed by atoms with Crippen molar-refractivity contribution in [1.29, 1.82) is 0 Å². The number of alkyl halides is 2. The van der Waals surface area contributed by atoms with Gasteiger partial charge in [0.25, 0.3) is 11.8 Å². The van der Waals surface area contributed by atoms with Crippen LogP contribution in [0.2, 0.25) is 0 Å². The number of methoxy groups -OCH3 is 1. The van der Waals surface area contributed by atoms with Crippen molar-refractivity contribution < 1.29 is 37.4 Å². The first-order valence-corrected chi connectivity index (χ1v) is 11.1. The van der Waals surface area contributed by atoms with Crippen LogP contribution in [0.4, 0.5) is 8.78 Å². The molecule has 1 unspecified atom stereocenters. The predicted molar refractivity (Wildman–Crippen MR) is 125 cm³/mol. The van der Waals surface area contributed by atoms with Gasteiger partial charge in [-0.05, 0) is 41.8 Å². The van der Waals surface area contributed by atoms with E-state index < -0.39 is 41.2 Å². The summed E-state index contributed by atoms with van der Waals surface area (Å²) in [5.74, 6) is -6.37.